The molecule has 1 N–H and O–H groups in total. The molecular formula is C16H20FN3O2. The van der Waals surface area contributed by atoms with E-state index in [9.17, 15) is 9.18 Å². The van der Waals surface area contributed by atoms with Crippen LogP contribution in [0, 0.1) is 11.7 Å². The molecule has 118 valence electrons. The number of aliphatic hydroxyl groups excluding tert-OH is 1. The fraction of sp³-hybridized carbons (Fsp3) is 0.500. The first kappa shape index (κ1) is 15.1. The van der Waals surface area contributed by atoms with Crippen molar-refractivity contribution in [2.24, 2.45) is 5.92 Å². The number of rotatable bonds is 4. The minimum Gasteiger partial charge on any atom is -0.395 e. The Hall–Kier alpha value is -1.79. The molecule has 2 heterocycles. The first-order valence-corrected chi connectivity index (χ1v) is 7.65. The van der Waals surface area contributed by atoms with Crippen LogP contribution < -0.4 is 5.56 Å². The molecule has 1 aromatic carbocycles. The van der Waals surface area contributed by atoms with Crippen LogP contribution in [0.4, 0.5) is 4.39 Å². The fourth-order valence-electron chi connectivity index (χ4n) is 3.18. The maximum absolute atomic E-state index is 13.3. The summed E-state index contributed by atoms with van der Waals surface area (Å²) in [6.07, 6.45) is 3.66. The first-order valence-electron chi connectivity index (χ1n) is 7.65. The van der Waals surface area contributed by atoms with Crippen molar-refractivity contribution < 1.29 is 9.50 Å². The third-order valence-electron chi connectivity index (χ3n) is 4.26. The number of aliphatic hydroxyl groups is 1. The zero-order valence-corrected chi connectivity index (χ0v) is 12.4. The standard InChI is InChI=1S/C16H20FN3O2/c17-13-3-4-15-14(8-13)16(22)20(11-18-15)10-12-2-1-5-19(9-12)6-7-21/h3-4,8,11-12,21H,1-2,5-7,9-10H2. The largest absolute Gasteiger partial charge is 0.395 e. The van der Waals surface area contributed by atoms with Crippen LogP contribution in [-0.4, -0.2) is 45.8 Å². The van der Waals surface area contributed by atoms with E-state index in [0.29, 0.717) is 29.9 Å². The van der Waals surface area contributed by atoms with Crippen LogP contribution in [-0.2, 0) is 6.54 Å². The number of halogens is 1. The van der Waals surface area contributed by atoms with Gasteiger partial charge in [-0.05, 0) is 43.5 Å². The summed E-state index contributed by atoms with van der Waals surface area (Å²) < 4.78 is 14.9. The van der Waals surface area contributed by atoms with Crippen LogP contribution in [0.15, 0.2) is 29.3 Å². The quantitative estimate of drug-likeness (QED) is 0.923. The molecule has 0 radical (unpaired) electrons. The summed E-state index contributed by atoms with van der Waals surface area (Å²) in [5.41, 5.74) is 0.331. The van der Waals surface area contributed by atoms with Gasteiger partial charge in [0.05, 0.1) is 23.8 Å². The van der Waals surface area contributed by atoms with E-state index in [-0.39, 0.29) is 12.2 Å². The number of nitrogens with zero attached hydrogens (tertiary/aromatic N) is 3. The second-order valence-corrected chi connectivity index (χ2v) is 5.90. The monoisotopic (exact) mass is 305 g/mol. The predicted octanol–water partition coefficient (Wildman–Crippen LogP) is 1.24. The van der Waals surface area contributed by atoms with E-state index in [0.717, 1.165) is 25.9 Å². The molecular weight excluding hydrogens is 285 g/mol. The van der Waals surface area contributed by atoms with Crippen LogP contribution in [0.5, 0.6) is 0 Å². The highest BCUT2D eigenvalue weighted by Gasteiger charge is 2.20. The van der Waals surface area contributed by atoms with E-state index in [4.69, 9.17) is 5.11 Å². The number of fused-ring (bicyclic) bond motifs is 1. The molecule has 1 atom stereocenters. The molecule has 2 aromatic rings. The van der Waals surface area contributed by atoms with Gasteiger partial charge in [-0.25, -0.2) is 9.37 Å². The van der Waals surface area contributed by atoms with E-state index in [1.54, 1.807) is 10.9 Å². The SMILES string of the molecule is O=c1c2cc(F)ccc2ncn1CC1CCCN(CCO)C1. The normalized spacial score (nSPS) is 19.6. The summed E-state index contributed by atoms with van der Waals surface area (Å²) in [5, 5.41) is 9.37. The van der Waals surface area contributed by atoms with Crippen molar-refractivity contribution in [3.8, 4) is 0 Å². The molecule has 1 aliphatic heterocycles. The number of aromatic nitrogens is 2. The molecule has 0 bridgehead atoms. The highest BCUT2D eigenvalue weighted by molar-refractivity contribution is 5.77. The minimum atomic E-state index is -0.420. The topological polar surface area (TPSA) is 58.4 Å². The van der Waals surface area contributed by atoms with E-state index < -0.39 is 5.82 Å². The second-order valence-electron chi connectivity index (χ2n) is 5.90. The molecule has 1 unspecified atom stereocenters. The molecule has 1 aromatic heterocycles. The van der Waals surface area contributed by atoms with Crippen molar-refractivity contribution in [3.05, 3.63) is 40.7 Å². The van der Waals surface area contributed by atoms with E-state index in [2.05, 4.69) is 9.88 Å². The van der Waals surface area contributed by atoms with Crippen molar-refractivity contribution in [1.29, 1.82) is 0 Å². The molecule has 0 saturated carbocycles. The summed E-state index contributed by atoms with van der Waals surface area (Å²) in [6, 6.07) is 4.09. The van der Waals surface area contributed by atoms with Gasteiger partial charge in [0.2, 0.25) is 0 Å². The van der Waals surface area contributed by atoms with E-state index in [1.165, 1.54) is 18.2 Å². The summed E-state index contributed by atoms with van der Waals surface area (Å²) in [6.45, 7) is 3.28. The zero-order chi connectivity index (χ0) is 15.5. The Labute approximate surface area is 128 Å². The van der Waals surface area contributed by atoms with Gasteiger partial charge in [0.15, 0.2) is 0 Å². The van der Waals surface area contributed by atoms with Gasteiger partial charge in [0.25, 0.3) is 5.56 Å². The number of hydrogen-bond donors (Lipinski definition) is 1. The molecule has 1 fully saturated rings. The van der Waals surface area contributed by atoms with Crippen LogP contribution in [0.1, 0.15) is 12.8 Å². The van der Waals surface area contributed by atoms with Crippen LogP contribution in [0.25, 0.3) is 10.9 Å². The van der Waals surface area contributed by atoms with Crippen molar-refractivity contribution in [2.45, 2.75) is 19.4 Å². The Morgan fingerprint density at radius 1 is 1.41 bits per heavy atom. The summed E-state index contributed by atoms with van der Waals surface area (Å²) >= 11 is 0. The predicted molar refractivity (Wildman–Crippen MR) is 82.2 cm³/mol. The van der Waals surface area contributed by atoms with Crippen molar-refractivity contribution in [2.75, 3.05) is 26.2 Å². The maximum Gasteiger partial charge on any atom is 0.261 e. The first-order chi connectivity index (χ1) is 10.7. The molecule has 3 rings (SSSR count). The van der Waals surface area contributed by atoms with Crippen LogP contribution in [0.3, 0.4) is 0 Å². The Balaban J connectivity index is 1.82. The fourth-order valence-corrected chi connectivity index (χ4v) is 3.18. The van der Waals surface area contributed by atoms with Crippen molar-refractivity contribution >= 4 is 10.9 Å². The smallest absolute Gasteiger partial charge is 0.261 e. The van der Waals surface area contributed by atoms with Gasteiger partial charge in [0.1, 0.15) is 5.82 Å². The van der Waals surface area contributed by atoms with E-state index >= 15 is 0 Å². The lowest BCUT2D eigenvalue weighted by molar-refractivity contribution is 0.132. The van der Waals surface area contributed by atoms with Gasteiger partial charge >= 0.3 is 0 Å². The van der Waals surface area contributed by atoms with Crippen molar-refractivity contribution in [1.82, 2.24) is 14.5 Å². The van der Waals surface area contributed by atoms with Gasteiger partial charge in [-0.2, -0.15) is 0 Å². The molecule has 1 saturated heterocycles. The molecule has 0 spiro atoms. The molecule has 0 amide bonds. The van der Waals surface area contributed by atoms with Gasteiger partial charge in [-0.15, -0.1) is 0 Å². The molecule has 1 aliphatic rings. The summed E-state index contributed by atoms with van der Waals surface area (Å²) in [7, 11) is 0. The summed E-state index contributed by atoms with van der Waals surface area (Å²) in [5.74, 6) is -0.0678. The number of hydrogen-bond acceptors (Lipinski definition) is 4. The Bertz CT molecular complexity index is 714. The van der Waals surface area contributed by atoms with Gasteiger partial charge in [-0.1, -0.05) is 0 Å². The van der Waals surface area contributed by atoms with Crippen LogP contribution >= 0.6 is 0 Å². The zero-order valence-electron chi connectivity index (χ0n) is 12.4. The molecule has 22 heavy (non-hydrogen) atoms. The Morgan fingerprint density at radius 2 is 2.27 bits per heavy atom. The van der Waals surface area contributed by atoms with Gasteiger partial charge in [-0.3, -0.25) is 9.36 Å². The average molecular weight is 305 g/mol. The lowest BCUT2D eigenvalue weighted by atomic mass is 9.98. The highest BCUT2D eigenvalue weighted by atomic mass is 19.1. The average Bonchev–Trinajstić information content (AvgIpc) is 2.51. The molecule has 6 heteroatoms. The third kappa shape index (κ3) is 3.18. The number of β-amino-alcohol motifs (C(OH)–C–C–N with tert-alkyl or cyclic N) is 1. The Morgan fingerprint density at radius 3 is 3.09 bits per heavy atom. The molecule has 5 nitrogen and oxygen atoms in total. The lowest BCUT2D eigenvalue weighted by Gasteiger charge is -2.32. The number of likely N-dealkylation sites (tertiary alicyclic amines) is 1. The summed E-state index contributed by atoms with van der Waals surface area (Å²) in [4.78, 5) is 18.9. The lowest BCUT2D eigenvalue weighted by Crippen LogP contribution is -2.39. The maximum atomic E-state index is 13.3. The van der Waals surface area contributed by atoms with Gasteiger partial charge in [0, 0.05) is 19.6 Å². The number of piperidine rings is 1. The Kier molecular flexibility index (Phi) is 4.49. The molecule has 0 aliphatic carbocycles. The highest BCUT2D eigenvalue weighted by Crippen LogP contribution is 2.18. The third-order valence-corrected chi connectivity index (χ3v) is 4.26. The van der Waals surface area contributed by atoms with Crippen LogP contribution in [0.2, 0.25) is 0 Å². The van der Waals surface area contributed by atoms with Gasteiger partial charge < -0.3 is 10.0 Å². The second kappa shape index (κ2) is 6.54. The minimum absolute atomic E-state index is 0.156. The van der Waals surface area contributed by atoms with E-state index in [1.807, 2.05) is 0 Å². The number of benzene rings is 1. The van der Waals surface area contributed by atoms with Crippen molar-refractivity contribution in [3.63, 3.8) is 0 Å².